The largest absolute Gasteiger partial charge is 0.429 e. The molecule has 0 bridgehead atoms. The maximum absolute atomic E-state index is 13.7. The van der Waals surface area contributed by atoms with Gasteiger partial charge >= 0.3 is 6.61 Å². The predicted octanol–water partition coefficient (Wildman–Crippen LogP) is 4.82. The number of benzene rings is 2. The van der Waals surface area contributed by atoms with Gasteiger partial charge in [-0.25, -0.2) is 17.6 Å². The maximum Gasteiger partial charge on any atom is 0.387 e. The van der Waals surface area contributed by atoms with Crippen LogP contribution in [-0.4, -0.2) is 6.61 Å². The second-order valence-electron chi connectivity index (χ2n) is 4.25. The number of hydrogen-bond donors (Lipinski definition) is 0. The van der Waals surface area contributed by atoms with Crippen LogP contribution in [0, 0.1) is 30.2 Å². The summed E-state index contributed by atoms with van der Waals surface area (Å²) in [5, 5.41) is 0. The Kier molecular flexibility index (Phi) is 4.11. The van der Waals surface area contributed by atoms with Crippen molar-refractivity contribution in [2.75, 3.05) is 0 Å². The third-order valence-corrected chi connectivity index (χ3v) is 2.68. The molecule has 0 aliphatic carbocycles. The third-order valence-electron chi connectivity index (χ3n) is 2.68. The van der Waals surface area contributed by atoms with Crippen LogP contribution in [-0.2, 0) is 0 Å². The van der Waals surface area contributed by atoms with E-state index in [9.17, 15) is 26.3 Å². The molecular weight excluding hydrogens is 298 g/mol. The molecule has 0 aromatic heterocycles. The molecule has 0 atom stereocenters. The minimum absolute atomic E-state index is 0.285. The Balaban J connectivity index is 2.57. The van der Waals surface area contributed by atoms with E-state index in [1.54, 1.807) is 0 Å². The minimum Gasteiger partial charge on any atom is -0.429 e. The van der Waals surface area contributed by atoms with Crippen LogP contribution in [0.2, 0.25) is 0 Å². The summed E-state index contributed by atoms with van der Waals surface area (Å²) in [6.07, 6.45) is 0. The molecule has 0 spiro atoms. The van der Waals surface area contributed by atoms with Gasteiger partial charge in [-0.3, -0.25) is 0 Å². The highest BCUT2D eigenvalue weighted by molar-refractivity contribution is 5.66. The zero-order valence-electron chi connectivity index (χ0n) is 10.6. The fraction of sp³-hybridized carbons (Fsp3) is 0.143. The van der Waals surface area contributed by atoms with Gasteiger partial charge in [-0.2, -0.15) is 8.78 Å². The van der Waals surface area contributed by atoms with E-state index in [4.69, 9.17) is 0 Å². The second kappa shape index (κ2) is 5.67. The van der Waals surface area contributed by atoms with Gasteiger partial charge in [0, 0.05) is 0 Å². The Labute approximate surface area is 115 Å². The van der Waals surface area contributed by atoms with Gasteiger partial charge in [0.15, 0.2) is 17.4 Å². The molecule has 112 valence electrons. The Morgan fingerprint density at radius 3 is 1.71 bits per heavy atom. The molecule has 0 unspecified atom stereocenters. The molecule has 1 nitrogen and oxygen atoms in total. The zero-order chi connectivity index (χ0) is 15.7. The highest BCUT2D eigenvalue weighted by atomic mass is 19.3. The lowest BCUT2D eigenvalue weighted by atomic mass is 10.0. The first-order chi connectivity index (χ1) is 9.79. The lowest BCUT2D eigenvalue weighted by molar-refractivity contribution is -0.0546. The number of rotatable bonds is 3. The Bertz CT molecular complexity index is 637. The van der Waals surface area contributed by atoms with Gasteiger partial charge in [0.25, 0.3) is 0 Å². The average Bonchev–Trinajstić information content (AvgIpc) is 2.32. The summed E-state index contributed by atoms with van der Waals surface area (Å²) in [6.45, 7) is -1.98. The summed E-state index contributed by atoms with van der Waals surface area (Å²) < 4.78 is 82.3. The monoisotopic (exact) mass is 306 g/mol. The maximum atomic E-state index is 13.7. The lowest BCUT2D eigenvalue weighted by Gasteiger charge is -2.11. The first-order valence-electron chi connectivity index (χ1n) is 5.69. The first kappa shape index (κ1) is 15.2. The number of hydrogen-bond acceptors (Lipinski definition) is 1. The number of alkyl halides is 2. The van der Waals surface area contributed by atoms with Crippen molar-refractivity contribution in [1.82, 2.24) is 0 Å². The normalized spacial score (nSPS) is 11.0. The second-order valence-corrected chi connectivity index (χ2v) is 4.25. The molecule has 2 aromatic carbocycles. The Hall–Kier alpha value is -2.18. The van der Waals surface area contributed by atoms with Crippen LogP contribution in [0.15, 0.2) is 24.3 Å². The van der Waals surface area contributed by atoms with Crippen molar-refractivity contribution in [2.45, 2.75) is 13.5 Å². The first-order valence-corrected chi connectivity index (χ1v) is 5.69. The van der Waals surface area contributed by atoms with Crippen LogP contribution < -0.4 is 4.74 Å². The third kappa shape index (κ3) is 3.12. The van der Waals surface area contributed by atoms with E-state index in [-0.39, 0.29) is 5.56 Å². The lowest BCUT2D eigenvalue weighted by Crippen LogP contribution is -2.06. The molecule has 0 saturated heterocycles. The summed E-state index contributed by atoms with van der Waals surface area (Å²) in [5.41, 5.74) is -0.823. The number of halogens is 6. The van der Waals surface area contributed by atoms with Gasteiger partial charge in [-0.15, -0.1) is 0 Å². The van der Waals surface area contributed by atoms with Crippen LogP contribution >= 0.6 is 0 Å². The quantitative estimate of drug-likeness (QED) is 0.739. The molecule has 0 fully saturated rings. The summed E-state index contributed by atoms with van der Waals surface area (Å²) in [4.78, 5) is 0. The van der Waals surface area contributed by atoms with E-state index in [0.29, 0.717) is 12.1 Å². The van der Waals surface area contributed by atoms with E-state index in [1.807, 2.05) is 0 Å². The van der Waals surface area contributed by atoms with Crippen molar-refractivity contribution in [3.8, 4) is 16.9 Å². The molecule has 7 heteroatoms. The summed E-state index contributed by atoms with van der Waals surface area (Å²) in [6, 6.07) is 3.02. The van der Waals surface area contributed by atoms with E-state index in [1.165, 1.54) is 6.92 Å². The van der Waals surface area contributed by atoms with Gasteiger partial charge in [0.1, 0.15) is 11.6 Å². The molecule has 2 aromatic rings. The van der Waals surface area contributed by atoms with Gasteiger partial charge < -0.3 is 4.74 Å². The number of ether oxygens (including phenoxy) is 1. The summed E-state index contributed by atoms with van der Waals surface area (Å²) in [5.74, 6) is -6.31. The van der Waals surface area contributed by atoms with Crippen LogP contribution in [0.5, 0.6) is 5.75 Å². The van der Waals surface area contributed by atoms with Crippen molar-refractivity contribution in [3.05, 3.63) is 53.1 Å². The molecular formula is C14H8F6O. The zero-order valence-corrected chi connectivity index (χ0v) is 10.6. The summed E-state index contributed by atoms with van der Waals surface area (Å²) in [7, 11) is 0. The SMILES string of the molecule is Cc1cc(F)c(-c2cc(F)c(OC(F)F)c(F)c2)c(F)c1. The van der Waals surface area contributed by atoms with Crippen molar-refractivity contribution in [1.29, 1.82) is 0 Å². The van der Waals surface area contributed by atoms with Crippen LogP contribution in [0.3, 0.4) is 0 Å². The Morgan fingerprint density at radius 1 is 0.810 bits per heavy atom. The predicted molar refractivity (Wildman–Crippen MR) is 63.1 cm³/mol. The van der Waals surface area contributed by atoms with Crippen LogP contribution in [0.4, 0.5) is 26.3 Å². The van der Waals surface area contributed by atoms with Crippen molar-refractivity contribution < 1.29 is 31.1 Å². The molecule has 0 aliphatic rings. The van der Waals surface area contributed by atoms with Gasteiger partial charge in [-0.1, -0.05) is 0 Å². The van der Waals surface area contributed by atoms with Crippen molar-refractivity contribution in [2.24, 2.45) is 0 Å². The van der Waals surface area contributed by atoms with Crippen molar-refractivity contribution >= 4 is 0 Å². The van der Waals surface area contributed by atoms with Gasteiger partial charge in [-0.05, 0) is 42.3 Å². The van der Waals surface area contributed by atoms with E-state index >= 15 is 0 Å². The highest BCUT2D eigenvalue weighted by Crippen LogP contribution is 2.33. The van der Waals surface area contributed by atoms with Crippen LogP contribution in [0.1, 0.15) is 5.56 Å². The topological polar surface area (TPSA) is 9.23 Å². The molecule has 0 aliphatic heterocycles. The fourth-order valence-electron chi connectivity index (χ4n) is 1.88. The fourth-order valence-corrected chi connectivity index (χ4v) is 1.88. The standard InChI is InChI=1S/C14H8F6O/c1-6-2-8(15)12(9(16)3-6)7-4-10(17)13(11(18)5-7)21-14(19)20/h2-5,14H,1H3. The minimum atomic E-state index is -3.42. The van der Waals surface area contributed by atoms with Crippen LogP contribution in [0.25, 0.3) is 11.1 Å². The molecule has 0 N–H and O–H groups in total. The molecule has 0 radical (unpaired) electrons. The van der Waals surface area contributed by atoms with E-state index in [0.717, 1.165) is 12.1 Å². The van der Waals surface area contributed by atoms with Gasteiger partial charge in [0.05, 0.1) is 5.56 Å². The summed E-state index contributed by atoms with van der Waals surface area (Å²) >= 11 is 0. The number of aryl methyl sites for hydroxylation is 1. The van der Waals surface area contributed by atoms with Gasteiger partial charge in [0.2, 0.25) is 0 Å². The smallest absolute Gasteiger partial charge is 0.387 e. The van der Waals surface area contributed by atoms with E-state index < -0.39 is 46.8 Å². The molecule has 0 saturated carbocycles. The average molecular weight is 306 g/mol. The molecule has 0 heterocycles. The highest BCUT2D eigenvalue weighted by Gasteiger charge is 2.20. The molecule has 2 rings (SSSR count). The van der Waals surface area contributed by atoms with Crippen molar-refractivity contribution in [3.63, 3.8) is 0 Å². The van der Waals surface area contributed by atoms with E-state index in [2.05, 4.69) is 4.74 Å². The molecule has 21 heavy (non-hydrogen) atoms. The Morgan fingerprint density at radius 2 is 1.29 bits per heavy atom. The molecule has 0 amide bonds.